The van der Waals surface area contributed by atoms with Crippen LogP contribution in [0.15, 0.2) is 95.3 Å². The molecule has 5 heteroatoms. The molecule has 1 aromatic heterocycles. The zero-order chi connectivity index (χ0) is 25.1. The first kappa shape index (κ1) is 23.7. The van der Waals surface area contributed by atoms with Crippen LogP contribution < -0.4 is 5.56 Å². The van der Waals surface area contributed by atoms with Crippen LogP contribution >= 0.6 is 22.6 Å². The maximum Gasteiger partial charge on any atom is 0.266 e. The number of hydrogen-bond donors (Lipinski definition) is 0. The van der Waals surface area contributed by atoms with Crippen molar-refractivity contribution in [2.75, 3.05) is 0 Å². The minimum absolute atomic E-state index is 0.00610. The molecule has 0 atom stereocenters. The fraction of sp³-hybridized carbons (Fsp3) is 0.0645. The Hall–Kier alpha value is -4.02. The second-order valence-corrected chi connectivity index (χ2v) is 9.41. The molecule has 0 spiro atoms. The molecule has 4 aromatic rings. The van der Waals surface area contributed by atoms with Crippen LogP contribution in [-0.2, 0) is 0 Å². The van der Waals surface area contributed by atoms with Crippen LogP contribution in [-0.4, -0.2) is 13.3 Å². The van der Waals surface area contributed by atoms with Gasteiger partial charge in [-0.2, -0.15) is 0 Å². The Balaban J connectivity index is 1.59. The summed E-state index contributed by atoms with van der Waals surface area (Å²) in [5.41, 5.74) is 5.74. The van der Waals surface area contributed by atoms with Gasteiger partial charge in [-0.15, -0.1) is 0 Å². The molecule has 0 fully saturated rings. The van der Waals surface area contributed by atoms with Crippen molar-refractivity contribution in [1.82, 2.24) is 9.55 Å². The summed E-state index contributed by atoms with van der Waals surface area (Å²) in [6, 6.07) is 20.6. The van der Waals surface area contributed by atoms with E-state index in [0.29, 0.717) is 22.3 Å². The van der Waals surface area contributed by atoms with Crippen molar-refractivity contribution in [1.29, 1.82) is 0 Å². The van der Waals surface area contributed by atoms with Crippen molar-refractivity contribution < 1.29 is 4.79 Å². The molecule has 174 valence electrons. The Labute approximate surface area is 222 Å². The highest BCUT2D eigenvalue weighted by molar-refractivity contribution is 14.1. The van der Waals surface area contributed by atoms with E-state index in [0.717, 1.165) is 34.4 Å². The summed E-state index contributed by atoms with van der Waals surface area (Å²) in [6.45, 7) is 1.98. The summed E-state index contributed by atoms with van der Waals surface area (Å²) in [5.74, 6) is 6.96. The van der Waals surface area contributed by atoms with E-state index in [9.17, 15) is 9.59 Å². The molecule has 1 aliphatic rings. The molecule has 3 aromatic carbocycles. The van der Waals surface area contributed by atoms with Gasteiger partial charge in [0.2, 0.25) is 3.79 Å². The normalized spacial score (nSPS) is 12.6. The summed E-state index contributed by atoms with van der Waals surface area (Å²) in [7, 11) is 0. The molecule has 0 N–H and O–H groups in total. The number of rotatable bonds is 4. The lowest BCUT2D eigenvalue weighted by Gasteiger charge is -2.14. The first-order valence-corrected chi connectivity index (χ1v) is 12.6. The van der Waals surface area contributed by atoms with Gasteiger partial charge in [0.1, 0.15) is 5.82 Å². The number of fused-ring (bicyclic) bond motifs is 1. The third kappa shape index (κ3) is 5.00. The van der Waals surface area contributed by atoms with Crippen LogP contribution in [0.5, 0.6) is 0 Å². The Morgan fingerprint density at radius 3 is 2.56 bits per heavy atom. The fourth-order valence-electron chi connectivity index (χ4n) is 4.07. The number of aryl methyl sites for hydroxylation is 1. The van der Waals surface area contributed by atoms with Crippen molar-refractivity contribution in [2.45, 2.75) is 13.3 Å². The molecule has 5 rings (SSSR count). The largest absolute Gasteiger partial charge is 0.282 e. The minimum Gasteiger partial charge on any atom is -0.282 e. The molecule has 36 heavy (non-hydrogen) atoms. The van der Waals surface area contributed by atoms with Gasteiger partial charge in [0.25, 0.3) is 5.56 Å². The molecular weight excluding hydrogens is 559 g/mol. The zero-order valence-electron chi connectivity index (χ0n) is 19.5. The molecule has 1 aliphatic carbocycles. The Kier molecular flexibility index (Phi) is 6.79. The highest BCUT2D eigenvalue weighted by atomic mass is 127. The van der Waals surface area contributed by atoms with Crippen molar-refractivity contribution in [3.63, 3.8) is 0 Å². The van der Waals surface area contributed by atoms with Crippen LogP contribution in [0.1, 0.15) is 39.3 Å². The van der Waals surface area contributed by atoms with Crippen molar-refractivity contribution in [3.8, 4) is 17.5 Å². The van der Waals surface area contributed by atoms with Crippen LogP contribution in [0.3, 0.4) is 0 Å². The lowest BCUT2D eigenvalue weighted by Crippen LogP contribution is -2.23. The number of hydrogen-bond acceptors (Lipinski definition) is 3. The zero-order valence-corrected chi connectivity index (χ0v) is 21.7. The molecule has 0 saturated heterocycles. The van der Waals surface area contributed by atoms with Gasteiger partial charge in [-0.1, -0.05) is 60.4 Å². The number of benzene rings is 3. The molecule has 0 saturated carbocycles. The SMILES string of the molecule is Cc1cc(C#CC2=CC=CC2)ccc1-n1c(/C=C/c2ccc(C(=O)I)cc2)nc2ccccc2c1=O. The summed E-state index contributed by atoms with van der Waals surface area (Å²) >= 11 is 1.77. The van der Waals surface area contributed by atoms with Crippen LogP contribution in [0.25, 0.3) is 28.7 Å². The number of halogens is 1. The lowest BCUT2D eigenvalue weighted by atomic mass is 10.1. The average molecular weight is 580 g/mol. The van der Waals surface area contributed by atoms with Crippen molar-refractivity contribution >= 4 is 49.4 Å². The number of carbonyl (C=O) groups excluding carboxylic acids is 1. The summed E-state index contributed by atoms with van der Waals surface area (Å²) in [6.07, 6.45) is 10.7. The number of para-hydroxylation sites is 1. The fourth-order valence-corrected chi connectivity index (χ4v) is 4.43. The number of aromatic nitrogens is 2. The Morgan fingerprint density at radius 1 is 1.03 bits per heavy atom. The smallest absolute Gasteiger partial charge is 0.266 e. The van der Waals surface area contributed by atoms with Crippen molar-refractivity contribution in [3.05, 3.63) is 129 Å². The summed E-state index contributed by atoms with van der Waals surface area (Å²) < 4.78 is 1.64. The quantitative estimate of drug-likeness (QED) is 0.154. The third-order valence-corrected chi connectivity index (χ3v) is 6.56. The van der Waals surface area contributed by atoms with Gasteiger partial charge in [-0.3, -0.25) is 14.2 Å². The van der Waals surface area contributed by atoms with Gasteiger partial charge in [-0.25, -0.2) is 4.98 Å². The standard InChI is InChI=1S/C31H21IN2O2/c1-21-20-24(11-10-22-6-2-3-7-22)14-18-28(21)34-29(33-27-9-5-4-8-26(27)31(34)36)19-15-23-12-16-25(17-13-23)30(32)35/h2-6,8-9,12-20H,7H2,1H3/b19-15+. The van der Waals surface area contributed by atoms with Gasteiger partial charge < -0.3 is 0 Å². The highest BCUT2D eigenvalue weighted by Crippen LogP contribution is 2.20. The van der Waals surface area contributed by atoms with E-state index in [1.54, 1.807) is 45.4 Å². The second-order valence-electron chi connectivity index (χ2n) is 8.43. The summed E-state index contributed by atoms with van der Waals surface area (Å²) in [4.78, 5) is 30.0. The molecule has 4 nitrogen and oxygen atoms in total. The van der Waals surface area contributed by atoms with E-state index in [1.807, 2.05) is 79.8 Å². The van der Waals surface area contributed by atoms with E-state index in [2.05, 4.69) is 17.9 Å². The Morgan fingerprint density at radius 2 is 1.83 bits per heavy atom. The predicted molar refractivity (Wildman–Crippen MR) is 155 cm³/mol. The second kappa shape index (κ2) is 10.3. The monoisotopic (exact) mass is 580 g/mol. The van der Waals surface area contributed by atoms with E-state index in [1.165, 1.54) is 0 Å². The number of nitrogens with zero attached hydrogens (tertiary/aromatic N) is 2. The molecule has 0 unspecified atom stereocenters. The molecule has 0 amide bonds. The van der Waals surface area contributed by atoms with Crippen LogP contribution in [0, 0.1) is 18.8 Å². The maximum atomic E-state index is 13.6. The molecule has 1 heterocycles. The van der Waals surface area contributed by atoms with Gasteiger partial charge in [-0.05, 0) is 73.0 Å². The maximum absolute atomic E-state index is 13.6. The molecule has 0 aliphatic heterocycles. The average Bonchev–Trinajstić information content (AvgIpc) is 3.41. The number of allylic oxidation sites excluding steroid dienone is 4. The van der Waals surface area contributed by atoms with E-state index in [4.69, 9.17) is 4.98 Å². The molecule has 0 radical (unpaired) electrons. The topological polar surface area (TPSA) is 52.0 Å². The predicted octanol–water partition coefficient (Wildman–Crippen LogP) is 6.68. The summed E-state index contributed by atoms with van der Waals surface area (Å²) in [5, 5.41) is 0.559. The van der Waals surface area contributed by atoms with Gasteiger partial charge in [0.05, 0.1) is 16.6 Å². The van der Waals surface area contributed by atoms with Gasteiger partial charge >= 0.3 is 0 Å². The van der Waals surface area contributed by atoms with E-state index < -0.39 is 0 Å². The minimum atomic E-state index is -0.129. The highest BCUT2D eigenvalue weighted by Gasteiger charge is 2.13. The van der Waals surface area contributed by atoms with Crippen LogP contribution in [0.4, 0.5) is 0 Å². The van der Waals surface area contributed by atoms with Crippen LogP contribution in [0.2, 0.25) is 0 Å². The van der Waals surface area contributed by atoms with Gasteiger partial charge in [0, 0.05) is 39.3 Å². The Bertz CT molecular complexity index is 1710. The molecular formula is C31H21IN2O2. The lowest BCUT2D eigenvalue weighted by molar-refractivity contribution is 0.110. The molecule has 0 bridgehead atoms. The van der Waals surface area contributed by atoms with E-state index >= 15 is 0 Å². The first-order valence-electron chi connectivity index (χ1n) is 11.5. The van der Waals surface area contributed by atoms with Gasteiger partial charge in [0.15, 0.2) is 0 Å². The van der Waals surface area contributed by atoms with E-state index in [-0.39, 0.29) is 9.35 Å². The van der Waals surface area contributed by atoms with Crippen molar-refractivity contribution in [2.24, 2.45) is 0 Å². The number of carbonyl (C=O) groups is 1. The third-order valence-electron chi connectivity index (χ3n) is 5.94. The first-order chi connectivity index (χ1) is 17.5.